The van der Waals surface area contributed by atoms with E-state index in [9.17, 15) is 14.7 Å². The van der Waals surface area contributed by atoms with E-state index >= 15 is 0 Å². The van der Waals surface area contributed by atoms with Gasteiger partial charge in [-0.25, -0.2) is 4.79 Å². The molecule has 27 heavy (non-hydrogen) atoms. The SMILES string of the molecule is CCCCCCC#CC(CN(CC(O)CC)C(=O)OC(C)(C)C)OC(C)=O. The summed E-state index contributed by atoms with van der Waals surface area (Å²) in [4.78, 5) is 25.3. The molecule has 0 saturated heterocycles. The van der Waals surface area contributed by atoms with Crippen molar-refractivity contribution >= 4 is 12.1 Å². The predicted molar refractivity (Wildman–Crippen MR) is 106 cm³/mol. The summed E-state index contributed by atoms with van der Waals surface area (Å²) in [6.45, 7) is 10.8. The van der Waals surface area contributed by atoms with Gasteiger partial charge in [-0.15, -0.1) is 0 Å². The molecule has 0 aromatic heterocycles. The summed E-state index contributed by atoms with van der Waals surface area (Å²) in [6, 6.07) is 0. The number of rotatable bonds is 10. The van der Waals surface area contributed by atoms with E-state index in [0.29, 0.717) is 6.42 Å². The summed E-state index contributed by atoms with van der Waals surface area (Å²) < 4.78 is 10.7. The normalized spacial score (nSPS) is 13.1. The van der Waals surface area contributed by atoms with Crippen molar-refractivity contribution < 1.29 is 24.2 Å². The molecule has 0 rings (SSSR count). The van der Waals surface area contributed by atoms with Crippen molar-refractivity contribution in [3.8, 4) is 11.8 Å². The Hall–Kier alpha value is -1.74. The van der Waals surface area contributed by atoms with Gasteiger partial charge in [0.1, 0.15) is 5.60 Å². The number of aliphatic hydroxyl groups is 1. The molecule has 2 atom stereocenters. The van der Waals surface area contributed by atoms with E-state index in [0.717, 1.165) is 25.7 Å². The summed E-state index contributed by atoms with van der Waals surface area (Å²) in [6.07, 6.45) is 3.70. The molecule has 156 valence electrons. The van der Waals surface area contributed by atoms with Crippen LogP contribution in [-0.2, 0) is 14.3 Å². The Morgan fingerprint density at radius 3 is 2.30 bits per heavy atom. The highest BCUT2D eigenvalue weighted by Gasteiger charge is 2.26. The van der Waals surface area contributed by atoms with Crippen molar-refractivity contribution in [1.29, 1.82) is 0 Å². The van der Waals surface area contributed by atoms with Crippen molar-refractivity contribution in [1.82, 2.24) is 4.90 Å². The van der Waals surface area contributed by atoms with E-state index in [-0.39, 0.29) is 13.1 Å². The highest BCUT2D eigenvalue weighted by atomic mass is 16.6. The molecule has 0 aliphatic rings. The largest absolute Gasteiger partial charge is 0.447 e. The van der Waals surface area contributed by atoms with Crippen LogP contribution in [0.25, 0.3) is 0 Å². The monoisotopic (exact) mass is 383 g/mol. The number of hydrogen-bond acceptors (Lipinski definition) is 5. The van der Waals surface area contributed by atoms with E-state index < -0.39 is 29.9 Å². The number of ether oxygens (including phenoxy) is 2. The summed E-state index contributed by atoms with van der Waals surface area (Å²) in [5, 5.41) is 9.97. The van der Waals surface area contributed by atoms with Gasteiger partial charge in [-0.1, -0.05) is 45.0 Å². The number of hydrogen-bond donors (Lipinski definition) is 1. The van der Waals surface area contributed by atoms with Crippen LogP contribution < -0.4 is 0 Å². The molecule has 1 N–H and O–H groups in total. The van der Waals surface area contributed by atoms with Gasteiger partial charge >= 0.3 is 12.1 Å². The van der Waals surface area contributed by atoms with Crippen LogP contribution in [0, 0.1) is 11.8 Å². The average molecular weight is 384 g/mol. The Kier molecular flexibility index (Phi) is 12.6. The van der Waals surface area contributed by atoms with Crippen molar-refractivity contribution in [2.75, 3.05) is 13.1 Å². The molecule has 0 bridgehead atoms. The molecular weight excluding hydrogens is 346 g/mol. The highest BCUT2D eigenvalue weighted by Crippen LogP contribution is 2.12. The highest BCUT2D eigenvalue weighted by molar-refractivity contribution is 5.69. The average Bonchev–Trinajstić information content (AvgIpc) is 2.54. The first-order valence-corrected chi connectivity index (χ1v) is 9.90. The molecule has 6 heteroatoms. The van der Waals surface area contributed by atoms with Gasteiger partial charge in [0.2, 0.25) is 0 Å². The summed E-state index contributed by atoms with van der Waals surface area (Å²) in [5.41, 5.74) is -0.658. The van der Waals surface area contributed by atoms with Gasteiger partial charge < -0.3 is 19.5 Å². The second-order valence-electron chi connectivity index (χ2n) is 7.68. The quantitative estimate of drug-likeness (QED) is 0.352. The first kappa shape index (κ1) is 25.3. The second kappa shape index (κ2) is 13.4. The third-order valence-electron chi connectivity index (χ3n) is 3.67. The molecule has 0 spiro atoms. The number of nitrogens with zero attached hydrogens (tertiary/aromatic N) is 1. The standard InChI is InChI=1S/C21H37NO5/c1-7-9-10-11-12-13-14-19(26-17(3)23)16-22(15-18(24)8-2)20(25)27-21(4,5)6/h18-19,24H,7-12,15-16H2,1-6H3. The Bertz CT molecular complexity index is 501. The zero-order valence-corrected chi connectivity index (χ0v) is 17.8. The van der Waals surface area contributed by atoms with E-state index in [1.165, 1.54) is 18.2 Å². The molecule has 0 saturated carbocycles. The molecule has 0 radical (unpaired) electrons. The zero-order chi connectivity index (χ0) is 20.9. The van der Waals surface area contributed by atoms with Crippen LogP contribution in [0.2, 0.25) is 0 Å². The molecule has 0 aromatic carbocycles. The minimum Gasteiger partial charge on any atom is -0.447 e. The van der Waals surface area contributed by atoms with Crippen molar-refractivity contribution in [3.05, 3.63) is 0 Å². The van der Waals surface area contributed by atoms with Crippen LogP contribution in [-0.4, -0.2) is 53.0 Å². The van der Waals surface area contributed by atoms with Gasteiger partial charge in [0, 0.05) is 13.3 Å². The lowest BCUT2D eigenvalue weighted by Crippen LogP contribution is -2.45. The molecule has 0 aromatic rings. The minimum absolute atomic E-state index is 0.0630. The van der Waals surface area contributed by atoms with Crippen molar-refractivity contribution in [3.63, 3.8) is 0 Å². The topological polar surface area (TPSA) is 76.1 Å². The number of amides is 1. The Labute approximate surface area is 164 Å². The van der Waals surface area contributed by atoms with Crippen LogP contribution in [0.15, 0.2) is 0 Å². The van der Waals surface area contributed by atoms with Crippen LogP contribution >= 0.6 is 0 Å². The molecule has 1 amide bonds. The molecule has 6 nitrogen and oxygen atoms in total. The van der Waals surface area contributed by atoms with Gasteiger partial charge in [-0.3, -0.25) is 4.79 Å². The fourth-order valence-electron chi connectivity index (χ4n) is 2.27. The van der Waals surface area contributed by atoms with Gasteiger partial charge in [-0.05, 0) is 33.6 Å². The first-order chi connectivity index (χ1) is 12.6. The predicted octanol–water partition coefficient (Wildman–Crippen LogP) is 3.90. The Balaban J connectivity index is 5.07. The molecule has 0 heterocycles. The summed E-state index contributed by atoms with van der Waals surface area (Å²) in [7, 11) is 0. The van der Waals surface area contributed by atoms with Gasteiger partial charge in [-0.2, -0.15) is 0 Å². The lowest BCUT2D eigenvalue weighted by molar-refractivity contribution is -0.144. The lowest BCUT2D eigenvalue weighted by atomic mass is 10.1. The third-order valence-corrected chi connectivity index (χ3v) is 3.67. The van der Waals surface area contributed by atoms with E-state index in [1.807, 2.05) is 6.92 Å². The molecule has 0 fully saturated rings. The van der Waals surface area contributed by atoms with Crippen LogP contribution in [0.5, 0.6) is 0 Å². The maximum atomic E-state index is 12.5. The summed E-state index contributed by atoms with van der Waals surface area (Å²) in [5.74, 6) is 5.53. The maximum Gasteiger partial charge on any atom is 0.410 e. The van der Waals surface area contributed by atoms with Crippen molar-refractivity contribution in [2.45, 2.75) is 97.9 Å². The molecule has 0 aliphatic carbocycles. The van der Waals surface area contributed by atoms with Crippen LogP contribution in [0.3, 0.4) is 0 Å². The summed E-state index contributed by atoms with van der Waals surface area (Å²) >= 11 is 0. The molecule has 0 aliphatic heterocycles. The number of esters is 1. The number of aliphatic hydroxyl groups excluding tert-OH is 1. The minimum atomic E-state index is -0.745. The van der Waals surface area contributed by atoms with Gasteiger partial charge in [0.05, 0.1) is 19.2 Å². The third kappa shape index (κ3) is 14.0. The fraction of sp³-hybridized carbons (Fsp3) is 0.810. The maximum absolute atomic E-state index is 12.5. The Morgan fingerprint density at radius 1 is 1.11 bits per heavy atom. The Morgan fingerprint density at radius 2 is 1.78 bits per heavy atom. The first-order valence-electron chi connectivity index (χ1n) is 9.90. The van der Waals surface area contributed by atoms with E-state index in [4.69, 9.17) is 9.47 Å². The molecule has 2 unspecified atom stereocenters. The second-order valence-corrected chi connectivity index (χ2v) is 7.68. The fourth-order valence-corrected chi connectivity index (χ4v) is 2.27. The molecular formula is C21H37NO5. The van der Waals surface area contributed by atoms with Crippen LogP contribution in [0.1, 0.15) is 80.1 Å². The van der Waals surface area contributed by atoms with Crippen LogP contribution in [0.4, 0.5) is 4.79 Å². The zero-order valence-electron chi connectivity index (χ0n) is 17.8. The number of unbranched alkanes of at least 4 members (excludes halogenated alkanes) is 4. The number of carbonyl (C=O) groups is 2. The lowest BCUT2D eigenvalue weighted by Gasteiger charge is -2.30. The van der Waals surface area contributed by atoms with E-state index in [1.54, 1.807) is 20.8 Å². The van der Waals surface area contributed by atoms with E-state index in [2.05, 4.69) is 18.8 Å². The van der Waals surface area contributed by atoms with Crippen molar-refractivity contribution in [2.24, 2.45) is 0 Å². The van der Waals surface area contributed by atoms with Gasteiger partial charge in [0.15, 0.2) is 6.10 Å². The number of carbonyl (C=O) groups excluding carboxylic acids is 2. The van der Waals surface area contributed by atoms with Gasteiger partial charge in [0.25, 0.3) is 0 Å². The smallest absolute Gasteiger partial charge is 0.410 e.